The quantitative estimate of drug-likeness (QED) is 0.118. The summed E-state index contributed by atoms with van der Waals surface area (Å²) in [5.41, 5.74) is 1.16. The number of carbonyl (C=O) groups excluding carboxylic acids is 5. The SMILES string of the molecule is CCC(=O)c1ccc(-c2ccc(C(=O)NC(COCCC(=O)C(C)C)(COCCC(=O)C(C)C)COCCC(=O)C(C)C)cn2)cc1. The van der Waals surface area contributed by atoms with E-state index in [0.717, 1.165) is 5.56 Å². The summed E-state index contributed by atoms with van der Waals surface area (Å²) in [7, 11) is 0. The summed E-state index contributed by atoms with van der Waals surface area (Å²) >= 11 is 0. The van der Waals surface area contributed by atoms with E-state index in [1.807, 2.05) is 60.6 Å². The minimum Gasteiger partial charge on any atom is -0.378 e. The first-order valence-corrected chi connectivity index (χ1v) is 16.5. The molecule has 1 amide bonds. The molecule has 0 aliphatic rings. The van der Waals surface area contributed by atoms with E-state index >= 15 is 0 Å². The predicted octanol–water partition coefficient (Wildman–Crippen LogP) is 5.71. The number of ketones is 4. The lowest BCUT2D eigenvalue weighted by molar-refractivity contribution is -0.123. The average Bonchev–Trinajstić information content (AvgIpc) is 3.06. The van der Waals surface area contributed by atoms with Crippen molar-refractivity contribution < 1.29 is 38.2 Å². The zero-order valence-corrected chi connectivity index (χ0v) is 29.1. The number of hydrogen-bond donors (Lipinski definition) is 1. The van der Waals surface area contributed by atoms with Gasteiger partial charge in [-0.3, -0.25) is 29.0 Å². The molecular weight excluding hydrogens is 600 g/mol. The highest BCUT2D eigenvalue weighted by molar-refractivity contribution is 5.96. The third-order valence-corrected chi connectivity index (χ3v) is 7.77. The van der Waals surface area contributed by atoms with Gasteiger partial charge in [0.05, 0.1) is 50.9 Å². The second-order valence-electron chi connectivity index (χ2n) is 12.8. The molecule has 1 aromatic carbocycles. The first kappa shape index (κ1) is 39.6. The number of amides is 1. The number of ether oxygens (including phenoxy) is 3. The van der Waals surface area contributed by atoms with E-state index in [1.165, 1.54) is 6.20 Å². The highest BCUT2D eigenvalue weighted by atomic mass is 16.5. The van der Waals surface area contributed by atoms with E-state index in [0.29, 0.717) is 17.7 Å². The van der Waals surface area contributed by atoms with Crippen molar-refractivity contribution in [2.75, 3.05) is 39.6 Å². The van der Waals surface area contributed by atoms with Gasteiger partial charge >= 0.3 is 0 Å². The van der Waals surface area contributed by atoms with Crippen molar-refractivity contribution >= 4 is 29.0 Å². The van der Waals surface area contributed by atoms with Crippen LogP contribution in [0.1, 0.15) is 94.9 Å². The summed E-state index contributed by atoms with van der Waals surface area (Å²) in [5, 5.41) is 3.02. The molecule has 0 radical (unpaired) electrons. The van der Waals surface area contributed by atoms with Crippen LogP contribution in [0.3, 0.4) is 0 Å². The molecule has 10 nitrogen and oxygen atoms in total. The van der Waals surface area contributed by atoms with Gasteiger partial charge in [0.15, 0.2) is 5.78 Å². The van der Waals surface area contributed by atoms with Crippen molar-refractivity contribution in [2.24, 2.45) is 17.8 Å². The van der Waals surface area contributed by atoms with Gasteiger partial charge in [-0.15, -0.1) is 0 Å². The summed E-state index contributed by atoms with van der Waals surface area (Å²) in [4.78, 5) is 66.7. The lowest BCUT2D eigenvalue weighted by Gasteiger charge is -2.34. The second kappa shape index (κ2) is 19.9. The topological polar surface area (TPSA) is 138 Å². The van der Waals surface area contributed by atoms with Crippen molar-refractivity contribution in [3.05, 3.63) is 53.7 Å². The zero-order valence-electron chi connectivity index (χ0n) is 29.1. The Morgan fingerprint density at radius 1 is 0.660 bits per heavy atom. The Bertz CT molecular complexity index is 1250. The van der Waals surface area contributed by atoms with Crippen LogP contribution in [0.15, 0.2) is 42.6 Å². The van der Waals surface area contributed by atoms with Gasteiger partial charge in [0, 0.05) is 60.8 Å². The smallest absolute Gasteiger partial charge is 0.253 e. The molecule has 0 atom stereocenters. The molecule has 2 aromatic rings. The Morgan fingerprint density at radius 2 is 1.09 bits per heavy atom. The van der Waals surface area contributed by atoms with Gasteiger partial charge in [0.25, 0.3) is 5.91 Å². The molecule has 47 heavy (non-hydrogen) atoms. The fraction of sp³-hybridized carbons (Fsp3) is 0.568. The molecular formula is C37H52N2O8. The molecule has 0 aliphatic carbocycles. The van der Waals surface area contributed by atoms with Gasteiger partial charge in [0.1, 0.15) is 22.9 Å². The largest absolute Gasteiger partial charge is 0.378 e. The van der Waals surface area contributed by atoms with E-state index in [1.54, 1.807) is 24.3 Å². The monoisotopic (exact) mass is 652 g/mol. The molecule has 0 spiro atoms. The van der Waals surface area contributed by atoms with Crippen molar-refractivity contribution in [3.63, 3.8) is 0 Å². The van der Waals surface area contributed by atoms with Gasteiger partial charge in [-0.1, -0.05) is 72.7 Å². The zero-order chi connectivity index (χ0) is 35.0. The van der Waals surface area contributed by atoms with E-state index in [9.17, 15) is 24.0 Å². The first-order chi connectivity index (χ1) is 22.3. The molecule has 0 saturated carbocycles. The van der Waals surface area contributed by atoms with Gasteiger partial charge in [-0.05, 0) is 12.1 Å². The Labute approximate surface area is 279 Å². The Kier molecular flexibility index (Phi) is 16.8. The lowest BCUT2D eigenvalue weighted by Crippen LogP contribution is -2.58. The molecule has 0 fully saturated rings. The van der Waals surface area contributed by atoms with Gasteiger partial charge < -0.3 is 19.5 Å². The van der Waals surface area contributed by atoms with Crippen LogP contribution in [0, 0.1) is 17.8 Å². The minimum atomic E-state index is -1.19. The maximum Gasteiger partial charge on any atom is 0.253 e. The number of nitrogens with zero attached hydrogens (tertiary/aromatic N) is 1. The van der Waals surface area contributed by atoms with Gasteiger partial charge in [-0.2, -0.15) is 0 Å². The van der Waals surface area contributed by atoms with Crippen molar-refractivity contribution in [3.8, 4) is 11.3 Å². The Hall–Kier alpha value is -3.60. The fourth-order valence-electron chi connectivity index (χ4n) is 4.46. The number of hydrogen-bond acceptors (Lipinski definition) is 9. The molecule has 258 valence electrons. The molecule has 0 unspecified atom stereocenters. The van der Waals surface area contributed by atoms with Crippen LogP contribution >= 0.6 is 0 Å². The summed E-state index contributed by atoms with van der Waals surface area (Å²) in [6.07, 6.45) is 2.54. The summed E-state index contributed by atoms with van der Waals surface area (Å²) < 4.78 is 17.8. The number of pyridine rings is 1. The normalized spacial score (nSPS) is 11.7. The van der Waals surface area contributed by atoms with E-state index in [-0.39, 0.29) is 105 Å². The van der Waals surface area contributed by atoms with E-state index in [4.69, 9.17) is 14.2 Å². The van der Waals surface area contributed by atoms with Crippen LogP contribution in [0.2, 0.25) is 0 Å². The number of aromatic nitrogens is 1. The van der Waals surface area contributed by atoms with Gasteiger partial charge in [-0.25, -0.2) is 0 Å². The van der Waals surface area contributed by atoms with Crippen molar-refractivity contribution in [2.45, 2.75) is 79.7 Å². The maximum absolute atomic E-state index is 13.6. The highest BCUT2D eigenvalue weighted by Crippen LogP contribution is 2.20. The molecule has 10 heteroatoms. The highest BCUT2D eigenvalue weighted by Gasteiger charge is 2.34. The van der Waals surface area contributed by atoms with E-state index < -0.39 is 11.4 Å². The van der Waals surface area contributed by atoms with Crippen LogP contribution < -0.4 is 5.32 Å². The number of benzene rings is 1. The Balaban J connectivity index is 2.27. The van der Waals surface area contributed by atoms with Crippen LogP contribution in [0.5, 0.6) is 0 Å². The fourth-order valence-corrected chi connectivity index (χ4v) is 4.46. The summed E-state index contributed by atoms with van der Waals surface area (Å²) in [6.45, 7) is 13.1. The number of carbonyl (C=O) groups is 5. The summed E-state index contributed by atoms with van der Waals surface area (Å²) in [6, 6.07) is 10.5. The third-order valence-electron chi connectivity index (χ3n) is 7.77. The predicted molar refractivity (Wildman–Crippen MR) is 180 cm³/mol. The van der Waals surface area contributed by atoms with Gasteiger partial charge in [0.2, 0.25) is 0 Å². The van der Waals surface area contributed by atoms with Crippen LogP contribution in [0.4, 0.5) is 0 Å². The first-order valence-electron chi connectivity index (χ1n) is 16.5. The molecule has 0 aliphatic heterocycles. The lowest BCUT2D eigenvalue weighted by atomic mass is 10.0. The van der Waals surface area contributed by atoms with Crippen molar-refractivity contribution in [1.82, 2.24) is 10.3 Å². The minimum absolute atomic E-state index is 0.0330. The molecule has 0 saturated heterocycles. The number of rotatable bonds is 23. The summed E-state index contributed by atoms with van der Waals surface area (Å²) in [5.74, 6) is -0.588. The third kappa shape index (κ3) is 13.6. The second-order valence-corrected chi connectivity index (χ2v) is 12.8. The molecule has 0 bridgehead atoms. The molecule has 1 heterocycles. The molecule has 1 N–H and O–H groups in total. The maximum atomic E-state index is 13.6. The standard InChI is InChI=1S/C37H52N2O8/c1-8-32(40)29-11-9-28(10-12-29)31-14-13-30(21-38-31)36(44)39-37(22-45-18-15-33(41)25(2)3,23-46-19-16-34(42)26(4)5)24-47-20-17-35(43)27(6)7/h9-14,21,25-27H,8,15-20,22-24H2,1-7H3,(H,39,44). The Morgan fingerprint density at radius 3 is 1.45 bits per heavy atom. The van der Waals surface area contributed by atoms with Crippen LogP contribution in [-0.4, -0.2) is 79.2 Å². The average molecular weight is 653 g/mol. The molecule has 2 rings (SSSR count). The van der Waals surface area contributed by atoms with E-state index in [2.05, 4.69) is 10.3 Å². The van der Waals surface area contributed by atoms with Crippen LogP contribution in [-0.2, 0) is 28.6 Å². The number of nitrogens with one attached hydrogen (secondary N) is 1. The number of Topliss-reactive ketones (excluding diaryl/α,β-unsaturated/α-hetero) is 4. The van der Waals surface area contributed by atoms with Crippen molar-refractivity contribution in [1.29, 1.82) is 0 Å². The molecule has 1 aromatic heterocycles. The van der Waals surface area contributed by atoms with Crippen LogP contribution in [0.25, 0.3) is 11.3 Å².